The third-order valence-corrected chi connectivity index (χ3v) is 3.21. The molecule has 0 spiro atoms. The summed E-state index contributed by atoms with van der Waals surface area (Å²) in [6.07, 6.45) is 4.35. The second kappa shape index (κ2) is 4.11. The maximum Gasteiger partial charge on any atom is 0.157 e. The van der Waals surface area contributed by atoms with Crippen LogP contribution in [0.1, 0.15) is 36.3 Å². The summed E-state index contributed by atoms with van der Waals surface area (Å²) in [5, 5.41) is 18.9. The minimum atomic E-state index is -0.0332. The van der Waals surface area contributed by atoms with E-state index in [2.05, 4.69) is 0 Å². The van der Waals surface area contributed by atoms with Crippen molar-refractivity contribution < 1.29 is 10.2 Å². The normalized spacial score (nSPS) is 20.7. The molecule has 82 valence electrons. The fraction of sp³-hybridized carbons (Fsp3) is 0.500. The molecule has 0 heterocycles. The lowest BCUT2D eigenvalue weighted by atomic mass is 9.92. The zero-order chi connectivity index (χ0) is 10.8. The molecule has 0 unspecified atom stereocenters. The van der Waals surface area contributed by atoms with Gasteiger partial charge in [0.1, 0.15) is 0 Å². The van der Waals surface area contributed by atoms with E-state index in [-0.39, 0.29) is 11.5 Å². The molecule has 0 radical (unpaired) electrons. The van der Waals surface area contributed by atoms with Crippen LogP contribution < -0.4 is 5.73 Å². The Morgan fingerprint density at radius 2 is 1.93 bits per heavy atom. The van der Waals surface area contributed by atoms with E-state index < -0.39 is 0 Å². The molecule has 0 amide bonds. The van der Waals surface area contributed by atoms with Crippen molar-refractivity contribution in [3.05, 3.63) is 23.3 Å². The van der Waals surface area contributed by atoms with E-state index in [1.165, 1.54) is 0 Å². The van der Waals surface area contributed by atoms with Crippen LogP contribution in [-0.2, 0) is 6.42 Å². The van der Waals surface area contributed by atoms with Gasteiger partial charge in [-0.2, -0.15) is 0 Å². The van der Waals surface area contributed by atoms with Gasteiger partial charge in [-0.25, -0.2) is 0 Å². The van der Waals surface area contributed by atoms with Crippen LogP contribution in [0.4, 0.5) is 0 Å². The number of phenolic OH excluding ortho intramolecular Hbond substituents is 2. The van der Waals surface area contributed by atoms with Crippen molar-refractivity contribution in [2.45, 2.75) is 31.6 Å². The molecule has 2 rings (SSSR count). The smallest absolute Gasteiger partial charge is 0.157 e. The van der Waals surface area contributed by atoms with Crippen molar-refractivity contribution in [1.29, 1.82) is 0 Å². The number of benzene rings is 1. The van der Waals surface area contributed by atoms with Crippen molar-refractivity contribution in [2.75, 3.05) is 6.54 Å². The van der Waals surface area contributed by atoms with E-state index >= 15 is 0 Å². The lowest BCUT2D eigenvalue weighted by Gasteiger charge is -2.16. The quantitative estimate of drug-likeness (QED) is 0.486. The third-order valence-electron chi connectivity index (χ3n) is 3.21. The van der Waals surface area contributed by atoms with E-state index in [1.54, 1.807) is 12.1 Å². The van der Waals surface area contributed by atoms with Gasteiger partial charge in [-0.15, -0.1) is 0 Å². The van der Waals surface area contributed by atoms with E-state index in [1.807, 2.05) is 0 Å². The van der Waals surface area contributed by atoms with E-state index in [4.69, 9.17) is 5.73 Å². The predicted octanol–water partition coefficient (Wildman–Crippen LogP) is 1.87. The molecule has 4 N–H and O–H groups in total. The van der Waals surface area contributed by atoms with Gasteiger partial charge in [0, 0.05) is 0 Å². The van der Waals surface area contributed by atoms with Crippen molar-refractivity contribution in [1.82, 2.24) is 0 Å². The highest BCUT2D eigenvalue weighted by Crippen LogP contribution is 2.36. The standard InChI is InChI=1S/C12H17NO2/c13-7-9-4-2-1-3-8-5-11(14)12(15)6-10(8)9/h5-6,9,14-15H,1-4,7,13H2/t9-/m1/s1. The molecule has 0 bridgehead atoms. The third kappa shape index (κ3) is 1.92. The molecule has 1 aliphatic carbocycles. The summed E-state index contributed by atoms with van der Waals surface area (Å²) >= 11 is 0. The molecule has 15 heavy (non-hydrogen) atoms. The number of phenols is 2. The lowest BCUT2D eigenvalue weighted by Crippen LogP contribution is -2.12. The number of fused-ring (bicyclic) bond motifs is 1. The highest BCUT2D eigenvalue weighted by Gasteiger charge is 2.19. The van der Waals surface area contributed by atoms with Crippen molar-refractivity contribution in [3.63, 3.8) is 0 Å². The minimum absolute atomic E-state index is 0.0218. The predicted molar refractivity (Wildman–Crippen MR) is 59.1 cm³/mol. The molecule has 3 nitrogen and oxygen atoms in total. The Kier molecular flexibility index (Phi) is 2.82. The SMILES string of the molecule is NC[C@H]1CCCCc2cc(O)c(O)cc21. The first kappa shape index (κ1) is 10.3. The van der Waals surface area contributed by atoms with Gasteiger partial charge in [0.25, 0.3) is 0 Å². The Balaban J connectivity index is 2.46. The Labute approximate surface area is 89.5 Å². The van der Waals surface area contributed by atoms with Crippen LogP contribution in [0.5, 0.6) is 11.5 Å². The number of hydrogen-bond acceptors (Lipinski definition) is 3. The van der Waals surface area contributed by atoms with E-state index in [0.29, 0.717) is 12.5 Å². The number of aromatic hydroxyl groups is 2. The van der Waals surface area contributed by atoms with Crippen molar-refractivity contribution in [3.8, 4) is 11.5 Å². The highest BCUT2D eigenvalue weighted by atomic mass is 16.3. The molecular formula is C12H17NO2. The van der Waals surface area contributed by atoms with Crippen LogP contribution in [0.2, 0.25) is 0 Å². The van der Waals surface area contributed by atoms with Gasteiger partial charge >= 0.3 is 0 Å². The lowest BCUT2D eigenvalue weighted by molar-refractivity contribution is 0.402. The topological polar surface area (TPSA) is 66.5 Å². The molecule has 1 aromatic carbocycles. The Morgan fingerprint density at radius 3 is 2.67 bits per heavy atom. The maximum absolute atomic E-state index is 9.49. The number of hydrogen-bond donors (Lipinski definition) is 3. The van der Waals surface area contributed by atoms with Gasteiger partial charge in [-0.05, 0) is 55.0 Å². The first-order valence-electron chi connectivity index (χ1n) is 5.47. The fourth-order valence-electron chi connectivity index (χ4n) is 2.34. The molecule has 0 saturated carbocycles. The summed E-state index contributed by atoms with van der Waals surface area (Å²) in [5.41, 5.74) is 7.98. The zero-order valence-electron chi connectivity index (χ0n) is 8.74. The molecule has 3 heteroatoms. The molecule has 1 aliphatic rings. The maximum atomic E-state index is 9.49. The average Bonchev–Trinajstić information content (AvgIpc) is 2.41. The largest absolute Gasteiger partial charge is 0.504 e. The van der Waals surface area contributed by atoms with Crippen molar-refractivity contribution in [2.24, 2.45) is 5.73 Å². The van der Waals surface area contributed by atoms with E-state index in [0.717, 1.165) is 36.8 Å². The second-order valence-corrected chi connectivity index (χ2v) is 4.22. The van der Waals surface area contributed by atoms with Gasteiger partial charge < -0.3 is 15.9 Å². The Bertz CT molecular complexity index is 363. The fourth-order valence-corrected chi connectivity index (χ4v) is 2.34. The number of rotatable bonds is 1. The zero-order valence-corrected chi connectivity index (χ0v) is 8.74. The summed E-state index contributed by atoms with van der Waals surface area (Å²) in [5.74, 6) is 0.273. The molecule has 0 aromatic heterocycles. The Hall–Kier alpha value is -1.22. The van der Waals surface area contributed by atoms with Crippen molar-refractivity contribution >= 4 is 0 Å². The van der Waals surface area contributed by atoms with Gasteiger partial charge in [0.15, 0.2) is 11.5 Å². The van der Waals surface area contributed by atoms with E-state index in [9.17, 15) is 10.2 Å². The van der Waals surface area contributed by atoms with Gasteiger partial charge in [0.2, 0.25) is 0 Å². The molecule has 0 aliphatic heterocycles. The second-order valence-electron chi connectivity index (χ2n) is 4.22. The molecule has 0 fully saturated rings. The molecule has 1 atom stereocenters. The van der Waals surface area contributed by atoms with Crippen LogP contribution in [0.25, 0.3) is 0 Å². The van der Waals surface area contributed by atoms with Crippen LogP contribution in [0, 0.1) is 0 Å². The summed E-state index contributed by atoms with van der Waals surface area (Å²) in [7, 11) is 0. The number of aryl methyl sites for hydroxylation is 1. The first-order valence-corrected chi connectivity index (χ1v) is 5.47. The Morgan fingerprint density at radius 1 is 1.20 bits per heavy atom. The summed E-state index contributed by atoms with van der Waals surface area (Å²) in [6.45, 7) is 0.608. The van der Waals surface area contributed by atoms with Gasteiger partial charge in [-0.1, -0.05) is 6.42 Å². The average molecular weight is 207 g/mol. The van der Waals surface area contributed by atoms with Gasteiger partial charge in [-0.3, -0.25) is 0 Å². The highest BCUT2D eigenvalue weighted by molar-refractivity contribution is 5.47. The van der Waals surface area contributed by atoms with Crippen LogP contribution in [0.3, 0.4) is 0 Å². The summed E-state index contributed by atoms with van der Waals surface area (Å²) < 4.78 is 0. The van der Waals surface area contributed by atoms with Crippen LogP contribution in [-0.4, -0.2) is 16.8 Å². The number of nitrogens with two attached hydrogens (primary N) is 1. The monoisotopic (exact) mass is 207 g/mol. The summed E-state index contributed by atoms with van der Waals surface area (Å²) in [4.78, 5) is 0. The molecule has 1 aromatic rings. The first-order chi connectivity index (χ1) is 7.22. The molecular weight excluding hydrogens is 190 g/mol. The van der Waals surface area contributed by atoms with Gasteiger partial charge in [0.05, 0.1) is 0 Å². The molecule has 0 saturated heterocycles. The van der Waals surface area contributed by atoms with Crippen LogP contribution in [0.15, 0.2) is 12.1 Å². The minimum Gasteiger partial charge on any atom is -0.504 e. The summed E-state index contributed by atoms with van der Waals surface area (Å²) in [6, 6.07) is 3.35. The van der Waals surface area contributed by atoms with Crippen LogP contribution >= 0.6 is 0 Å².